The Balaban J connectivity index is 1.78. The van der Waals surface area contributed by atoms with E-state index in [0.29, 0.717) is 16.6 Å². The molecule has 9 heteroatoms. The Morgan fingerprint density at radius 1 is 1.24 bits per heavy atom. The Morgan fingerprint density at radius 2 is 2.00 bits per heavy atom. The van der Waals surface area contributed by atoms with E-state index in [4.69, 9.17) is 11.6 Å². The number of nitrogens with one attached hydrogen (secondary N) is 1. The van der Waals surface area contributed by atoms with Crippen LogP contribution < -0.4 is 4.72 Å². The lowest BCUT2D eigenvalue weighted by Gasteiger charge is -2.04. The zero-order chi connectivity index (χ0) is 14.9. The van der Waals surface area contributed by atoms with E-state index in [-0.39, 0.29) is 11.4 Å². The zero-order valence-electron chi connectivity index (χ0n) is 10.6. The lowest BCUT2D eigenvalue weighted by atomic mass is 10.4. The van der Waals surface area contributed by atoms with Crippen molar-refractivity contribution >= 4 is 27.4 Å². The molecule has 1 aromatic carbocycles. The number of rotatable bonds is 4. The quantitative estimate of drug-likeness (QED) is 0.780. The number of fused-ring (bicyclic) bond motifs is 1. The first-order chi connectivity index (χ1) is 10.0. The minimum atomic E-state index is -3.63. The van der Waals surface area contributed by atoms with Crippen molar-refractivity contribution in [1.82, 2.24) is 24.3 Å². The SMILES string of the molecule is O=S(=O)(NCc1nc2ncccn2n1)c1ccc(Cl)cc1. The van der Waals surface area contributed by atoms with Gasteiger partial charge in [0.25, 0.3) is 5.78 Å². The molecule has 3 rings (SSSR count). The molecule has 0 fully saturated rings. The van der Waals surface area contributed by atoms with E-state index in [2.05, 4.69) is 19.8 Å². The topological polar surface area (TPSA) is 89.2 Å². The van der Waals surface area contributed by atoms with Crippen LogP contribution in [0.4, 0.5) is 0 Å². The highest BCUT2D eigenvalue weighted by atomic mass is 35.5. The lowest BCUT2D eigenvalue weighted by molar-refractivity contribution is 0.579. The number of aromatic nitrogens is 4. The zero-order valence-corrected chi connectivity index (χ0v) is 12.2. The number of hydrogen-bond acceptors (Lipinski definition) is 5. The van der Waals surface area contributed by atoms with Gasteiger partial charge in [-0.3, -0.25) is 0 Å². The summed E-state index contributed by atoms with van der Waals surface area (Å²) < 4.78 is 28.1. The van der Waals surface area contributed by atoms with E-state index in [9.17, 15) is 8.42 Å². The van der Waals surface area contributed by atoms with Crippen molar-refractivity contribution in [1.29, 1.82) is 0 Å². The third-order valence-electron chi connectivity index (χ3n) is 2.70. The first-order valence-corrected chi connectivity index (χ1v) is 7.82. The van der Waals surface area contributed by atoms with Gasteiger partial charge >= 0.3 is 0 Å². The van der Waals surface area contributed by atoms with Crippen LogP contribution in [0.2, 0.25) is 5.02 Å². The van der Waals surface area contributed by atoms with Crippen molar-refractivity contribution < 1.29 is 8.42 Å². The highest BCUT2D eigenvalue weighted by molar-refractivity contribution is 7.89. The molecule has 108 valence electrons. The fraction of sp³-hybridized carbons (Fsp3) is 0.0833. The van der Waals surface area contributed by atoms with Crippen LogP contribution in [0, 0.1) is 0 Å². The fourth-order valence-electron chi connectivity index (χ4n) is 1.71. The van der Waals surface area contributed by atoms with E-state index in [1.54, 1.807) is 18.5 Å². The second-order valence-electron chi connectivity index (χ2n) is 4.17. The minimum Gasteiger partial charge on any atom is -0.220 e. The Kier molecular flexibility index (Phi) is 3.58. The molecule has 0 atom stereocenters. The summed E-state index contributed by atoms with van der Waals surface area (Å²) >= 11 is 5.73. The molecule has 0 aliphatic heterocycles. The first kappa shape index (κ1) is 13.9. The van der Waals surface area contributed by atoms with Crippen molar-refractivity contribution in [3.05, 3.63) is 53.6 Å². The smallest absolute Gasteiger partial charge is 0.220 e. The average molecular weight is 324 g/mol. The summed E-state index contributed by atoms with van der Waals surface area (Å²) in [5, 5.41) is 4.59. The van der Waals surface area contributed by atoms with Gasteiger partial charge in [-0.1, -0.05) is 11.6 Å². The Morgan fingerprint density at radius 3 is 2.71 bits per heavy atom. The van der Waals surface area contributed by atoms with Gasteiger partial charge in [-0.15, -0.1) is 5.10 Å². The number of sulfonamides is 1. The van der Waals surface area contributed by atoms with Gasteiger partial charge in [0.05, 0.1) is 11.4 Å². The molecule has 0 amide bonds. The van der Waals surface area contributed by atoms with Crippen molar-refractivity contribution in [2.45, 2.75) is 11.4 Å². The van der Waals surface area contributed by atoms with Crippen molar-refractivity contribution in [3.8, 4) is 0 Å². The summed E-state index contributed by atoms with van der Waals surface area (Å²) in [7, 11) is -3.63. The van der Waals surface area contributed by atoms with Gasteiger partial charge in [-0.05, 0) is 30.3 Å². The molecule has 0 bridgehead atoms. The molecular formula is C12H10ClN5O2S. The highest BCUT2D eigenvalue weighted by Gasteiger charge is 2.15. The molecule has 0 aliphatic carbocycles. The van der Waals surface area contributed by atoms with E-state index < -0.39 is 10.0 Å². The summed E-state index contributed by atoms with van der Waals surface area (Å²) in [6.07, 6.45) is 3.28. The molecule has 2 heterocycles. The molecule has 7 nitrogen and oxygen atoms in total. The van der Waals surface area contributed by atoms with Crippen molar-refractivity contribution in [3.63, 3.8) is 0 Å². The van der Waals surface area contributed by atoms with Crippen molar-refractivity contribution in [2.75, 3.05) is 0 Å². The summed E-state index contributed by atoms with van der Waals surface area (Å²) in [6.45, 7) is -0.0195. The second kappa shape index (κ2) is 5.40. The van der Waals surface area contributed by atoms with Crippen LogP contribution in [-0.4, -0.2) is 28.0 Å². The summed E-state index contributed by atoms with van der Waals surface area (Å²) in [4.78, 5) is 8.26. The maximum Gasteiger partial charge on any atom is 0.252 e. The highest BCUT2D eigenvalue weighted by Crippen LogP contribution is 2.14. The van der Waals surface area contributed by atoms with Crippen LogP contribution in [0.15, 0.2) is 47.6 Å². The number of benzene rings is 1. The average Bonchev–Trinajstić information content (AvgIpc) is 2.89. The normalized spacial score (nSPS) is 11.9. The molecule has 21 heavy (non-hydrogen) atoms. The van der Waals surface area contributed by atoms with Crippen LogP contribution in [-0.2, 0) is 16.6 Å². The van der Waals surface area contributed by atoms with E-state index in [1.165, 1.54) is 28.8 Å². The second-order valence-corrected chi connectivity index (χ2v) is 6.37. The standard InChI is InChI=1S/C12H10ClN5O2S/c13-9-2-4-10(5-3-9)21(19,20)15-8-11-16-12-14-6-1-7-18(12)17-11/h1-7,15H,8H2. The lowest BCUT2D eigenvalue weighted by Crippen LogP contribution is -2.23. The van der Waals surface area contributed by atoms with Crippen molar-refractivity contribution in [2.24, 2.45) is 0 Å². The first-order valence-electron chi connectivity index (χ1n) is 5.96. The number of hydrogen-bond donors (Lipinski definition) is 1. The van der Waals surface area contributed by atoms with Crippen LogP contribution in [0.25, 0.3) is 5.78 Å². The largest absolute Gasteiger partial charge is 0.252 e. The monoisotopic (exact) mass is 323 g/mol. The Labute approximate surface area is 125 Å². The fourth-order valence-corrected chi connectivity index (χ4v) is 2.81. The number of nitrogens with zero attached hydrogens (tertiary/aromatic N) is 4. The molecular weight excluding hydrogens is 314 g/mol. The molecule has 3 aromatic rings. The number of halogens is 1. The molecule has 0 saturated heterocycles. The summed E-state index contributed by atoms with van der Waals surface area (Å²) in [5.41, 5.74) is 0. The van der Waals surface area contributed by atoms with E-state index >= 15 is 0 Å². The minimum absolute atomic E-state index is 0.0195. The van der Waals surface area contributed by atoms with Gasteiger partial charge in [-0.25, -0.2) is 22.6 Å². The van der Waals surface area contributed by atoms with Gasteiger partial charge in [0.1, 0.15) is 0 Å². The van der Waals surface area contributed by atoms with E-state index in [1.807, 2.05) is 0 Å². The van der Waals surface area contributed by atoms with Gasteiger partial charge in [0.15, 0.2) is 5.82 Å². The molecule has 0 spiro atoms. The predicted molar refractivity (Wildman–Crippen MR) is 76.3 cm³/mol. The summed E-state index contributed by atoms with van der Waals surface area (Å²) in [6, 6.07) is 7.61. The molecule has 0 unspecified atom stereocenters. The summed E-state index contributed by atoms with van der Waals surface area (Å²) in [5.74, 6) is 0.754. The van der Waals surface area contributed by atoms with Crippen LogP contribution in [0.3, 0.4) is 0 Å². The van der Waals surface area contributed by atoms with Crippen LogP contribution in [0.1, 0.15) is 5.82 Å². The molecule has 0 saturated carbocycles. The third kappa shape index (κ3) is 3.02. The Hall–Kier alpha value is -2.03. The van der Waals surface area contributed by atoms with Gasteiger partial charge in [0, 0.05) is 17.4 Å². The third-order valence-corrected chi connectivity index (χ3v) is 4.37. The van der Waals surface area contributed by atoms with Crippen LogP contribution >= 0.6 is 11.6 Å². The predicted octanol–water partition coefficient (Wildman–Crippen LogP) is 1.26. The Bertz CT molecular complexity index is 843. The van der Waals surface area contributed by atoms with Crippen LogP contribution in [0.5, 0.6) is 0 Å². The van der Waals surface area contributed by atoms with Gasteiger partial charge < -0.3 is 0 Å². The molecule has 0 radical (unpaired) electrons. The maximum atomic E-state index is 12.1. The van der Waals surface area contributed by atoms with Gasteiger partial charge in [0.2, 0.25) is 10.0 Å². The van der Waals surface area contributed by atoms with Gasteiger partial charge in [-0.2, -0.15) is 4.98 Å². The van der Waals surface area contributed by atoms with E-state index in [0.717, 1.165) is 0 Å². The molecule has 2 aromatic heterocycles. The molecule has 1 N–H and O–H groups in total. The molecule has 0 aliphatic rings. The maximum absolute atomic E-state index is 12.1.